The molecule has 28 heavy (non-hydrogen) atoms. The van der Waals surface area contributed by atoms with Gasteiger partial charge in [-0.1, -0.05) is 41.4 Å². The molecule has 0 radical (unpaired) electrons. The van der Waals surface area contributed by atoms with Crippen LogP contribution in [0.4, 0.5) is 0 Å². The fourth-order valence-electron chi connectivity index (χ4n) is 3.19. The van der Waals surface area contributed by atoms with Gasteiger partial charge < -0.3 is 9.64 Å². The quantitative estimate of drug-likeness (QED) is 0.681. The Balaban J connectivity index is 1.76. The fraction of sp³-hybridized carbons (Fsp3) is 0.350. The monoisotopic (exact) mass is 441 g/mol. The van der Waals surface area contributed by atoms with Crippen LogP contribution in [0, 0.1) is 6.92 Å². The van der Waals surface area contributed by atoms with E-state index in [-0.39, 0.29) is 36.6 Å². The molecule has 0 aliphatic carbocycles. The molecule has 0 aromatic heterocycles. The molecule has 1 saturated heterocycles. The number of aryl methyl sites for hydroxylation is 1. The van der Waals surface area contributed by atoms with Crippen LogP contribution in [-0.2, 0) is 21.2 Å². The van der Waals surface area contributed by atoms with Crippen LogP contribution in [0.25, 0.3) is 0 Å². The number of nitrogens with zero attached hydrogens (tertiary/aromatic N) is 1. The molecule has 1 heterocycles. The first-order chi connectivity index (χ1) is 13.2. The van der Waals surface area contributed by atoms with E-state index in [1.165, 1.54) is 0 Å². The lowest BCUT2D eigenvalue weighted by atomic mass is 10.1. The zero-order valence-electron chi connectivity index (χ0n) is 15.4. The Labute approximate surface area is 175 Å². The van der Waals surface area contributed by atoms with Gasteiger partial charge in [-0.15, -0.1) is 0 Å². The second kappa shape index (κ2) is 8.72. The van der Waals surface area contributed by atoms with Crippen molar-refractivity contribution in [3.05, 3.63) is 63.6 Å². The third-order valence-corrected chi connectivity index (χ3v) is 7.30. The van der Waals surface area contributed by atoms with Crippen molar-refractivity contribution >= 4 is 38.9 Å². The summed E-state index contributed by atoms with van der Waals surface area (Å²) in [5, 5.41) is 1.16. The zero-order valence-corrected chi connectivity index (χ0v) is 17.7. The van der Waals surface area contributed by atoms with Gasteiger partial charge in [0.2, 0.25) is 0 Å². The van der Waals surface area contributed by atoms with E-state index in [1.54, 1.807) is 29.2 Å². The number of carbonyl (C=O) groups excluding carboxylic acids is 1. The lowest BCUT2D eigenvalue weighted by Gasteiger charge is -2.28. The maximum absolute atomic E-state index is 12.9. The molecule has 1 amide bonds. The summed E-state index contributed by atoms with van der Waals surface area (Å²) < 4.78 is 29.5. The number of sulfone groups is 1. The summed E-state index contributed by atoms with van der Waals surface area (Å²) in [5.41, 5.74) is 1.62. The van der Waals surface area contributed by atoms with E-state index in [0.29, 0.717) is 22.2 Å². The third kappa shape index (κ3) is 5.19. The second-order valence-corrected chi connectivity index (χ2v) is 9.91. The first-order valence-electron chi connectivity index (χ1n) is 8.87. The second-order valence-electron chi connectivity index (χ2n) is 6.87. The number of hydrogen-bond donors (Lipinski definition) is 0. The standard InChI is InChI=1S/C20H21Cl2NO4S/c1-14-10-17(6-7-18(14)21)27-12-20(24)23(16-8-9-28(25,26)13-16)11-15-4-2-3-5-19(15)22/h2-7,10,16H,8-9,11-13H2,1H3/t16-/m1/s1. The van der Waals surface area contributed by atoms with Crippen molar-refractivity contribution < 1.29 is 17.9 Å². The highest BCUT2D eigenvalue weighted by atomic mass is 35.5. The van der Waals surface area contributed by atoms with Crippen molar-refractivity contribution in [3.8, 4) is 5.75 Å². The summed E-state index contributed by atoms with van der Waals surface area (Å²) in [6.07, 6.45) is 0.415. The molecule has 1 aliphatic heterocycles. The molecule has 0 unspecified atom stereocenters. The number of amides is 1. The molecule has 8 heteroatoms. The molecule has 0 saturated carbocycles. The van der Waals surface area contributed by atoms with Crippen molar-refractivity contribution in [1.29, 1.82) is 0 Å². The maximum atomic E-state index is 12.9. The molecule has 1 aliphatic rings. The number of hydrogen-bond acceptors (Lipinski definition) is 4. The van der Waals surface area contributed by atoms with Gasteiger partial charge in [-0.2, -0.15) is 0 Å². The van der Waals surface area contributed by atoms with E-state index in [9.17, 15) is 13.2 Å². The third-order valence-electron chi connectivity index (χ3n) is 4.76. The van der Waals surface area contributed by atoms with E-state index >= 15 is 0 Å². The predicted octanol–water partition coefficient (Wildman–Crippen LogP) is 3.90. The number of carbonyl (C=O) groups is 1. The van der Waals surface area contributed by atoms with Crippen molar-refractivity contribution in [1.82, 2.24) is 4.90 Å². The van der Waals surface area contributed by atoms with Crippen molar-refractivity contribution in [3.63, 3.8) is 0 Å². The highest BCUT2D eigenvalue weighted by molar-refractivity contribution is 7.91. The van der Waals surface area contributed by atoms with Crippen molar-refractivity contribution in [2.24, 2.45) is 0 Å². The van der Waals surface area contributed by atoms with Gasteiger partial charge in [-0.25, -0.2) is 8.42 Å². The molecule has 2 aromatic rings. The number of ether oxygens (including phenoxy) is 1. The average molecular weight is 442 g/mol. The van der Waals surface area contributed by atoms with Crippen LogP contribution in [0.15, 0.2) is 42.5 Å². The van der Waals surface area contributed by atoms with E-state index in [4.69, 9.17) is 27.9 Å². The van der Waals surface area contributed by atoms with Crippen LogP contribution in [0.5, 0.6) is 5.75 Å². The molecule has 2 aromatic carbocycles. The molecular weight excluding hydrogens is 421 g/mol. The lowest BCUT2D eigenvalue weighted by molar-refractivity contribution is -0.136. The summed E-state index contributed by atoms with van der Waals surface area (Å²) in [5.74, 6) is 0.298. The minimum absolute atomic E-state index is 0.0384. The van der Waals surface area contributed by atoms with Crippen molar-refractivity contribution in [2.45, 2.75) is 25.9 Å². The largest absolute Gasteiger partial charge is 0.484 e. The fourth-order valence-corrected chi connectivity index (χ4v) is 5.23. The molecule has 3 rings (SSSR count). The summed E-state index contributed by atoms with van der Waals surface area (Å²) in [7, 11) is -3.14. The number of halogens is 2. The number of benzene rings is 2. The van der Waals surface area contributed by atoms with E-state index in [0.717, 1.165) is 11.1 Å². The Morgan fingerprint density at radius 3 is 2.57 bits per heavy atom. The lowest BCUT2D eigenvalue weighted by Crippen LogP contribution is -2.43. The normalized spacial score (nSPS) is 18.0. The van der Waals surface area contributed by atoms with Gasteiger partial charge in [-0.05, 0) is 48.7 Å². The highest BCUT2D eigenvalue weighted by Gasteiger charge is 2.35. The Hall–Kier alpha value is -1.76. The summed E-state index contributed by atoms with van der Waals surface area (Å²) in [6.45, 7) is 1.90. The average Bonchev–Trinajstić information content (AvgIpc) is 3.01. The van der Waals surface area contributed by atoms with Crippen LogP contribution in [0.3, 0.4) is 0 Å². The SMILES string of the molecule is Cc1cc(OCC(=O)N(Cc2ccccc2Cl)[C@@H]2CCS(=O)(=O)C2)ccc1Cl. The smallest absolute Gasteiger partial charge is 0.261 e. The molecule has 5 nitrogen and oxygen atoms in total. The Morgan fingerprint density at radius 1 is 1.18 bits per heavy atom. The van der Waals surface area contributed by atoms with Crippen LogP contribution in [0.2, 0.25) is 10.0 Å². The Kier molecular flexibility index (Phi) is 6.53. The van der Waals surface area contributed by atoms with Crippen LogP contribution < -0.4 is 4.74 Å². The minimum Gasteiger partial charge on any atom is -0.484 e. The number of rotatable bonds is 6. The van der Waals surface area contributed by atoms with Gasteiger partial charge in [-0.3, -0.25) is 4.79 Å². The Morgan fingerprint density at radius 2 is 1.93 bits per heavy atom. The van der Waals surface area contributed by atoms with Gasteiger partial charge in [0, 0.05) is 22.6 Å². The maximum Gasteiger partial charge on any atom is 0.261 e. The van der Waals surface area contributed by atoms with Gasteiger partial charge in [0.15, 0.2) is 16.4 Å². The predicted molar refractivity (Wildman–Crippen MR) is 111 cm³/mol. The zero-order chi connectivity index (χ0) is 20.3. The molecule has 1 atom stereocenters. The van der Waals surface area contributed by atoms with Crippen LogP contribution in [0.1, 0.15) is 17.5 Å². The topological polar surface area (TPSA) is 63.7 Å². The van der Waals surface area contributed by atoms with Crippen LogP contribution >= 0.6 is 23.2 Å². The first kappa shape index (κ1) is 21.0. The van der Waals surface area contributed by atoms with Gasteiger partial charge in [0.25, 0.3) is 5.91 Å². The summed E-state index contributed by atoms with van der Waals surface area (Å²) in [4.78, 5) is 14.5. The molecule has 0 bridgehead atoms. The highest BCUT2D eigenvalue weighted by Crippen LogP contribution is 2.25. The van der Waals surface area contributed by atoms with Crippen molar-refractivity contribution in [2.75, 3.05) is 18.1 Å². The summed E-state index contributed by atoms with van der Waals surface area (Å²) >= 11 is 12.3. The molecular formula is C20H21Cl2NO4S. The minimum atomic E-state index is -3.14. The van der Waals surface area contributed by atoms with Gasteiger partial charge in [0.05, 0.1) is 11.5 Å². The van der Waals surface area contributed by atoms with E-state index in [2.05, 4.69) is 0 Å². The molecule has 0 spiro atoms. The first-order valence-corrected chi connectivity index (χ1v) is 11.4. The van der Waals surface area contributed by atoms with E-state index in [1.807, 2.05) is 25.1 Å². The van der Waals surface area contributed by atoms with Gasteiger partial charge >= 0.3 is 0 Å². The van der Waals surface area contributed by atoms with Gasteiger partial charge in [0.1, 0.15) is 5.75 Å². The summed E-state index contributed by atoms with van der Waals surface area (Å²) in [6, 6.07) is 12.0. The Bertz CT molecular complexity index is 978. The van der Waals surface area contributed by atoms with Crippen LogP contribution in [-0.4, -0.2) is 43.4 Å². The molecule has 1 fully saturated rings. The molecule has 0 N–H and O–H groups in total. The van der Waals surface area contributed by atoms with E-state index < -0.39 is 9.84 Å². The molecule has 150 valence electrons.